The number of H-pyrrole nitrogens is 1. The molecule has 5 heteroatoms. The molecular formula is C11H10N2O3. The standard InChI is InChI=1S/C11H10N2O3/c14-11(15)10(13-16)6-8-5-7-3-1-2-4-9(7)12-8/h1-5,12,16H,6H2,(H,14,15). The SMILES string of the molecule is O=C(O)C(Cc1cc2ccccc2[nH]1)=NO. The molecule has 0 unspecified atom stereocenters. The fraction of sp³-hybridized carbons (Fsp3) is 0.0909. The van der Waals surface area contributed by atoms with Crippen LogP contribution in [0, 0.1) is 0 Å². The third-order valence-electron chi connectivity index (χ3n) is 2.31. The van der Waals surface area contributed by atoms with Gasteiger partial charge >= 0.3 is 5.97 Å². The van der Waals surface area contributed by atoms with Gasteiger partial charge in [0.2, 0.25) is 0 Å². The van der Waals surface area contributed by atoms with E-state index in [0.29, 0.717) is 5.69 Å². The Labute approximate surface area is 91.0 Å². The minimum atomic E-state index is -1.22. The maximum absolute atomic E-state index is 10.6. The first-order valence-electron chi connectivity index (χ1n) is 4.71. The number of hydrogen-bond donors (Lipinski definition) is 3. The van der Waals surface area contributed by atoms with Crippen LogP contribution in [0.1, 0.15) is 5.69 Å². The first-order chi connectivity index (χ1) is 7.70. The van der Waals surface area contributed by atoms with Gasteiger partial charge in [-0.1, -0.05) is 23.4 Å². The minimum absolute atomic E-state index is 0.0700. The summed E-state index contributed by atoms with van der Waals surface area (Å²) in [5, 5.41) is 21.0. The zero-order chi connectivity index (χ0) is 11.5. The number of benzene rings is 1. The second-order valence-electron chi connectivity index (χ2n) is 3.41. The summed E-state index contributed by atoms with van der Waals surface area (Å²) in [6, 6.07) is 9.45. The van der Waals surface area contributed by atoms with Gasteiger partial charge in [0.25, 0.3) is 0 Å². The molecule has 0 atom stereocenters. The van der Waals surface area contributed by atoms with Crippen LogP contribution in [0.4, 0.5) is 0 Å². The second kappa shape index (κ2) is 4.06. The fourth-order valence-corrected chi connectivity index (χ4v) is 1.56. The third kappa shape index (κ3) is 1.88. The van der Waals surface area contributed by atoms with E-state index in [4.69, 9.17) is 10.3 Å². The van der Waals surface area contributed by atoms with E-state index in [9.17, 15) is 4.79 Å². The molecule has 0 aliphatic heterocycles. The topological polar surface area (TPSA) is 85.7 Å². The van der Waals surface area contributed by atoms with Gasteiger partial charge in [0, 0.05) is 17.6 Å². The average Bonchev–Trinajstić information content (AvgIpc) is 2.67. The molecule has 1 aromatic carbocycles. The molecule has 0 saturated carbocycles. The summed E-state index contributed by atoms with van der Waals surface area (Å²) in [5.41, 5.74) is 1.35. The van der Waals surface area contributed by atoms with Gasteiger partial charge in [-0.15, -0.1) is 0 Å². The highest BCUT2D eigenvalue weighted by Gasteiger charge is 2.12. The fourth-order valence-electron chi connectivity index (χ4n) is 1.56. The van der Waals surface area contributed by atoms with Crippen LogP contribution in [0.25, 0.3) is 10.9 Å². The zero-order valence-corrected chi connectivity index (χ0v) is 8.34. The van der Waals surface area contributed by atoms with Crippen LogP contribution < -0.4 is 0 Å². The normalized spacial score (nSPS) is 11.9. The van der Waals surface area contributed by atoms with Crippen molar-refractivity contribution in [3.63, 3.8) is 0 Å². The van der Waals surface area contributed by atoms with Gasteiger partial charge in [0.15, 0.2) is 5.71 Å². The lowest BCUT2D eigenvalue weighted by molar-refractivity contribution is -0.129. The van der Waals surface area contributed by atoms with Gasteiger partial charge in [-0.25, -0.2) is 4.79 Å². The van der Waals surface area contributed by atoms with Crippen molar-refractivity contribution < 1.29 is 15.1 Å². The first-order valence-corrected chi connectivity index (χ1v) is 4.71. The Bertz CT molecular complexity index is 524. The van der Waals surface area contributed by atoms with Crippen molar-refractivity contribution >= 4 is 22.6 Å². The molecule has 16 heavy (non-hydrogen) atoms. The molecule has 3 N–H and O–H groups in total. The number of fused-ring (bicyclic) bond motifs is 1. The number of aliphatic carboxylic acids is 1. The molecule has 0 bridgehead atoms. The number of aromatic amines is 1. The number of carbonyl (C=O) groups is 1. The van der Waals surface area contributed by atoms with E-state index in [1.54, 1.807) is 0 Å². The molecule has 1 heterocycles. The molecule has 0 fully saturated rings. The number of para-hydroxylation sites is 1. The van der Waals surface area contributed by atoms with E-state index in [2.05, 4.69) is 10.1 Å². The highest BCUT2D eigenvalue weighted by Crippen LogP contribution is 2.15. The highest BCUT2D eigenvalue weighted by molar-refractivity contribution is 6.35. The maximum Gasteiger partial charge on any atom is 0.354 e. The Hall–Kier alpha value is -2.30. The Morgan fingerprint density at radius 3 is 2.75 bits per heavy atom. The Balaban J connectivity index is 2.31. The van der Waals surface area contributed by atoms with Crippen LogP contribution in [-0.4, -0.2) is 27.0 Å². The Morgan fingerprint density at radius 1 is 1.38 bits per heavy atom. The van der Waals surface area contributed by atoms with Gasteiger partial charge < -0.3 is 15.3 Å². The lowest BCUT2D eigenvalue weighted by Gasteiger charge is -1.95. The van der Waals surface area contributed by atoms with Crippen LogP contribution in [0.2, 0.25) is 0 Å². The number of nitrogens with one attached hydrogen (secondary N) is 1. The van der Waals surface area contributed by atoms with Crippen molar-refractivity contribution in [1.82, 2.24) is 4.98 Å². The summed E-state index contributed by atoms with van der Waals surface area (Å²) >= 11 is 0. The molecule has 2 aromatic rings. The molecule has 2 rings (SSSR count). The number of aromatic nitrogens is 1. The number of carboxylic acids is 1. The van der Waals surface area contributed by atoms with Gasteiger partial charge in [0.05, 0.1) is 0 Å². The predicted octanol–water partition coefficient (Wildman–Crippen LogP) is 1.63. The molecule has 0 saturated heterocycles. The summed E-state index contributed by atoms with van der Waals surface area (Å²) in [6.07, 6.45) is 0.0700. The monoisotopic (exact) mass is 218 g/mol. The predicted molar refractivity (Wildman–Crippen MR) is 58.9 cm³/mol. The lowest BCUT2D eigenvalue weighted by atomic mass is 10.2. The van der Waals surface area contributed by atoms with Crippen molar-refractivity contribution in [1.29, 1.82) is 0 Å². The Morgan fingerprint density at radius 2 is 2.12 bits per heavy atom. The van der Waals surface area contributed by atoms with Gasteiger partial charge in [0.1, 0.15) is 0 Å². The quantitative estimate of drug-likeness (QED) is 0.415. The maximum atomic E-state index is 10.6. The van der Waals surface area contributed by atoms with E-state index in [-0.39, 0.29) is 12.1 Å². The van der Waals surface area contributed by atoms with Crippen molar-refractivity contribution in [2.75, 3.05) is 0 Å². The van der Waals surface area contributed by atoms with Crippen molar-refractivity contribution in [2.24, 2.45) is 5.16 Å². The van der Waals surface area contributed by atoms with E-state index >= 15 is 0 Å². The second-order valence-corrected chi connectivity index (χ2v) is 3.41. The van der Waals surface area contributed by atoms with Gasteiger partial charge in [-0.3, -0.25) is 0 Å². The molecule has 0 radical (unpaired) electrons. The van der Waals surface area contributed by atoms with E-state index in [0.717, 1.165) is 10.9 Å². The van der Waals surface area contributed by atoms with E-state index < -0.39 is 5.97 Å². The molecule has 0 aliphatic carbocycles. The number of carboxylic acid groups (broad SMARTS) is 1. The van der Waals surface area contributed by atoms with Crippen molar-refractivity contribution in [3.05, 3.63) is 36.0 Å². The average molecular weight is 218 g/mol. The van der Waals surface area contributed by atoms with Crippen LogP contribution >= 0.6 is 0 Å². The minimum Gasteiger partial charge on any atom is -0.477 e. The molecule has 0 amide bonds. The van der Waals surface area contributed by atoms with E-state index in [1.165, 1.54) is 0 Å². The Kier molecular flexibility index (Phi) is 2.59. The van der Waals surface area contributed by atoms with Crippen molar-refractivity contribution in [3.8, 4) is 0 Å². The number of rotatable bonds is 3. The first kappa shape index (κ1) is 10.2. The number of oxime groups is 1. The summed E-state index contributed by atoms with van der Waals surface area (Å²) in [4.78, 5) is 13.7. The van der Waals surface area contributed by atoms with Crippen LogP contribution in [0.5, 0.6) is 0 Å². The largest absolute Gasteiger partial charge is 0.477 e. The molecule has 82 valence electrons. The van der Waals surface area contributed by atoms with Crippen molar-refractivity contribution in [2.45, 2.75) is 6.42 Å². The lowest BCUT2D eigenvalue weighted by Crippen LogP contribution is -2.15. The zero-order valence-electron chi connectivity index (χ0n) is 8.34. The highest BCUT2D eigenvalue weighted by atomic mass is 16.4. The summed E-state index contributed by atoms with van der Waals surface area (Å²) in [6.45, 7) is 0. The van der Waals surface area contributed by atoms with Crippen LogP contribution in [0.3, 0.4) is 0 Å². The number of nitrogens with zero attached hydrogens (tertiary/aromatic N) is 1. The molecular weight excluding hydrogens is 208 g/mol. The third-order valence-corrected chi connectivity index (χ3v) is 2.31. The van der Waals surface area contributed by atoms with Gasteiger partial charge in [-0.2, -0.15) is 0 Å². The van der Waals surface area contributed by atoms with Gasteiger partial charge in [-0.05, 0) is 17.5 Å². The van der Waals surface area contributed by atoms with Crippen LogP contribution in [-0.2, 0) is 11.2 Å². The van der Waals surface area contributed by atoms with E-state index in [1.807, 2.05) is 30.3 Å². The molecule has 0 aliphatic rings. The molecule has 1 aromatic heterocycles. The van der Waals surface area contributed by atoms with Crippen LogP contribution in [0.15, 0.2) is 35.5 Å². The summed E-state index contributed by atoms with van der Waals surface area (Å²) < 4.78 is 0. The smallest absolute Gasteiger partial charge is 0.354 e. The number of hydrogen-bond acceptors (Lipinski definition) is 3. The molecule has 0 spiro atoms. The summed E-state index contributed by atoms with van der Waals surface area (Å²) in [7, 11) is 0. The molecule has 5 nitrogen and oxygen atoms in total. The summed E-state index contributed by atoms with van der Waals surface area (Å²) in [5.74, 6) is -1.22.